The number of nitrogens with zero attached hydrogens (tertiary/aromatic N) is 3. The summed E-state index contributed by atoms with van der Waals surface area (Å²) in [5, 5.41) is 17.0. The minimum atomic E-state index is -0.437. The van der Waals surface area contributed by atoms with Crippen LogP contribution in [-0.2, 0) is 6.54 Å². The van der Waals surface area contributed by atoms with Gasteiger partial charge in [-0.25, -0.2) is 0 Å². The maximum Gasteiger partial charge on any atom is 0.372 e. The maximum absolute atomic E-state index is 11.2. The van der Waals surface area contributed by atoms with Crippen LogP contribution in [0.2, 0.25) is 0 Å². The van der Waals surface area contributed by atoms with Crippen molar-refractivity contribution in [1.82, 2.24) is 9.38 Å². The van der Waals surface area contributed by atoms with Gasteiger partial charge in [-0.3, -0.25) is 0 Å². The molecule has 0 saturated carbocycles. The number of anilines is 1. The summed E-state index contributed by atoms with van der Waals surface area (Å²) in [6.07, 6.45) is 1.64. The van der Waals surface area contributed by atoms with Crippen LogP contribution in [0.25, 0.3) is 15.9 Å². The highest BCUT2D eigenvalue weighted by Crippen LogP contribution is 2.28. The number of nitro groups is 1. The summed E-state index contributed by atoms with van der Waals surface area (Å²) in [4.78, 5) is 15.6. The van der Waals surface area contributed by atoms with Crippen LogP contribution in [0.1, 0.15) is 5.76 Å². The lowest BCUT2D eigenvalue weighted by Gasteiger charge is -2.00. The molecule has 3 aromatic heterocycles. The molecule has 4 aromatic rings. The van der Waals surface area contributed by atoms with Crippen LogP contribution < -0.4 is 5.32 Å². The van der Waals surface area contributed by atoms with Crippen molar-refractivity contribution in [3.8, 4) is 0 Å². The van der Waals surface area contributed by atoms with Gasteiger partial charge in [-0.05, 0) is 17.1 Å². The molecule has 0 saturated heterocycles. The quantitative estimate of drug-likeness (QED) is 0.459. The Kier molecular flexibility index (Phi) is 2.83. The van der Waals surface area contributed by atoms with Crippen molar-refractivity contribution >= 4 is 38.9 Å². The Morgan fingerprint density at radius 2 is 2.27 bits per heavy atom. The van der Waals surface area contributed by atoms with Gasteiger partial charge >= 0.3 is 5.82 Å². The van der Waals surface area contributed by atoms with Crippen LogP contribution in [0.3, 0.4) is 0 Å². The number of furan rings is 1. The van der Waals surface area contributed by atoms with Crippen molar-refractivity contribution in [2.75, 3.05) is 5.32 Å². The summed E-state index contributed by atoms with van der Waals surface area (Å²) in [6, 6.07) is 9.58. The van der Waals surface area contributed by atoms with Gasteiger partial charge in [-0.2, -0.15) is 9.38 Å². The molecule has 0 fully saturated rings. The van der Waals surface area contributed by atoms with Crippen molar-refractivity contribution < 1.29 is 9.34 Å². The first-order chi connectivity index (χ1) is 10.7. The average molecular weight is 314 g/mol. The molecule has 4 rings (SSSR count). The van der Waals surface area contributed by atoms with Crippen molar-refractivity contribution in [2.24, 2.45) is 0 Å². The molecule has 0 amide bonds. The number of nitrogens with one attached hydrogen (secondary N) is 1. The second-order valence-corrected chi connectivity index (χ2v) is 5.57. The highest BCUT2D eigenvalue weighted by Gasteiger charge is 2.23. The van der Waals surface area contributed by atoms with Crippen molar-refractivity contribution in [3.63, 3.8) is 0 Å². The third-order valence-electron chi connectivity index (χ3n) is 3.32. The van der Waals surface area contributed by atoms with E-state index in [-0.39, 0.29) is 11.6 Å². The first-order valence-electron chi connectivity index (χ1n) is 6.53. The standard InChI is InChI=1S/C14H10N4O3S/c19-18(20)13-12(16-14-17(13)5-6-22-14)15-8-10-7-9-3-1-2-4-11(9)21-10/h1-7,15H,8H2. The highest BCUT2D eigenvalue weighted by molar-refractivity contribution is 7.15. The normalized spacial score (nSPS) is 11.3. The second kappa shape index (κ2) is 4.85. The predicted molar refractivity (Wildman–Crippen MR) is 83.3 cm³/mol. The molecule has 22 heavy (non-hydrogen) atoms. The largest absolute Gasteiger partial charge is 0.459 e. The van der Waals surface area contributed by atoms with Gasteiger partial charge in [0.15, 0.2) is 0 Å². The molecule has 0 aliphatic heterocycles. The van der Waals surface area contributed by atoms with Crippen molar-refractivity contribution in [3.05, 3.63) is 57.8 Å². The van der Waals surface area contributed by atoms with Gasteiger partial charge in [0.2, 0.25) is 5.82 Å². The van der Waals surface area contributed by atoms with E-state index in [4.69, 9.17) is 4.42 Å². The summed E-state index contributed by atoms with van der Waals surface area (Å²) in [5.41, 5.74) is 0.791. The van der Waals surface area contributed by atoms with E-state index in [1.165, 1.54) is 15.7 Å². The minimum absolute atomic E-state index is 0.0626. The fraction of sp³-hybridized carbons (Fsp3) is 0.0714. The van der Waals surface area contributed by atoms with Crippen LogP contribution in [0.4, 0.5) is 11.6 Å². The Morgan fingerprint density at radius 1 is 1.41 bits per heavy atom. The number of rotatable bonds is 4. The van der Waals surface area contributed by atoms with Gasteiger partial charge in [0.05, 0.1) is 6.54 Å². The molecular weight excluding hydrogens is 304 g/mol. The molecule has 0 aliphatic carbocycles. The Hall–Kier alpha value is -2.87. The highest BCUT2D eigenvalue weighted by atomic mass is 32.1. The smallest absolute Gasteiger partial charge is 0.372 e. The number of fused-ring (bicyclic) bond motifs is 2. The average Bonchev–Trinajstić information content (AvgIpc) is 3.17. The first kappa shape index (κ1) is 12.8. The fourth-order valence-electron chi connectivity index (χ4n) is 2.36. The lowest BCUT2D eigenvalue weighted by atomic mass is 10.2. The van der Waals surface area contributed by atoms with Crippen LogP contribution >= 0.6 is 11.3 Å². The minimum Gasteiger partial charge on any atom is -0.459 e. The molecule has 0 spiro atoms. The third-order valence-corrected chi connectivity index (χ3v) is 4.07. The number of benzene rings is 1. The molecule has 1 aromatic carbocycles. The molecule has 1 N–H and O–H groups in total. The van der Waals surface area contributed by atoms with Gasteiger partial charge in [-0.1, -0.05) is 29.5 Å². The zero-order valence-electron chi connectivity index (χ0n) is 11.2. The number of aromatic nitrogens is 2. The Bertz CT molecular complexity index is 951. The summed E-state index contributed by atoms with van der Waals surface area (Å²) in [7, 11) is 0. The molecule has 0 aliphatic rings. The van der Waals surface area contributed by atoms with Crippen molar-refractivity contribution in [1.29, 1.82) is 0 Å². The number of hydrogen-bond acceptors (Lipinski definition) is 6. The lowest BCUT2D eigenvalue weighted by molar-refractivity contribution is -0.389. The lowest BCUT2D eigenvalue weighted by Crippen LogP contribution is -2.02. The second-order valence-electron chi connectivity index (χ2n) is 4.70. The van der Waals surface area contributed by atoms with Crippen LogP contribution in [0.5, 0.6) is 0 Å². The molecule has 0 radical (unpaired) electrons. The van der Waals surface area contributed by atoms with Gasteiger partial charge < -0.3 is 19.8 Å². The van der Waals surface area contributed by atoms with E-state index in [0.717, 1.165) is 11.0 Å². The Balaban J connectivity index is 1.64. The van der Waals surface area contributed by atoms with E-state index in [2.05, 4.69) is 10.3 Å². The molecule has 110 valence electrons. The number of para-hydroxylation sites is 1. The van der Waals surface area contributed by atoms with Gasteiger partial charge in [0.1, 0.15) is 17.5 Å². The summed E-state index contributed by atoms with van der Waals surface area (Å²) >= 11 is 1.35. The van der Waals surface area contributed by atoms with E-state index in [1.807, 2.05) is 30.3 Å². The van der Waals surface area contributed by atoms with E-state index in [0.29, 0.717) is 17.3 Å². The molecule has 0 atom stereocenters. The van der Waals surface area contributed by atoms with E-state index < -0.39 is 4.92 Å². The van der Waals surface area contributed by atoms with Gasteiger partial charge in [0, 0.05) is 10.8 Å². The molecule has 0 unspecified atom stereocenters. The van der Waals surface area contributed by atoms with E-state index in [9.17, 15) is 10.1 Å². The molecule has 0 bridgehead atoms. The third kappa shape index (κ3) is 2.01. The zero-order valence-corrected chi connectivity index (χ0v) is 12.0. The SMILES string of the molecule is O=[N+]([O-])c1c(NCc2cc3ccccc3o2)nc2sccn12. The van der Waals surface area contributed by atoms with Crippen molar-refractivity contribution in [2.45, 2.75) is 6.54 Å². The topological polar surface area (TPSA) is 85.6 Å². The number of imidazole rings is 1. The number of hydrogen-bond donors (Lipinski definition) is 1. The van der Waals surface area contributed by atoms with Gasteiger partial charge in [-0.15, -0.1) is 0 Å². The predicted octanol–water partition coefficient (Wildman–Crippen LogP) is 3.66. The molecule has 7 nitrogen and oxygen atoms in total. The molecule has 8 heteroatoms. The fourth-order valence-corrected chi connectivity index (χ4v) is 3.07. The Labute approximate surface area is 128 Å². The number of thiazole rings is 1. The monoisotopic (exact) mass is 314 g/mol. The van der Waals surface area contributed by atoms with Crippen LogP contribution in [-0.4, -0.2) is 14.3 Å². The zero-order chi connectivity index (χ0) is 15.1. The molecular formula is C14H10N4O3S. The van der Waals surface area contributed by atoms with Gasteiger partial charge in [0.25, 0.3) is 4.96 Å². The summed E-state index contributed by atoms with van der Waals surface area (Å²) in [5.74, 6) is 0.886. The maximum atomic E-state index is 11.2. The van der Waals surface area contributed by atoms with E-state index in [1.54, 1.807) is 11.6 Å². The van der Waals surface area contributed by atoms with Crippen LogP contribution in [0.15, 0.2) is 46.3 Å². The summed E-state index contributed by atoms with van der Waals surface area (Å²) < 4.78 is 7.15. The molecule has 3 heterocycles. The first-order valence-corrected chi connectivity index (χ1v) is 7.41. The van der Waals surface area contributed by atoms with Crippen LogP contribution in [0, 0.1) is 10.1 Å². The Morgan fingerprint density at radius 3 is 3.09 bits per heavy atom. The summed E-state index contributed by atoms with van der Waals surface area (Å²) in [6.45, 7) is 0.334. The van der Waals surface area contributed by atoms with E-state index >= 15 is 0 Å².